The second kappa shape index (κ2) is 3.31. The van der Waals surface area contributed by atoms with E-state index in [2.05, 4.69) is 42.0 Å². The number of fused-ring (bicyclic) bond motifs is 3. The van der Waals surface area contributed by atoms with Crippen molar-refractivity contribution in [3.05, 3.63) is 29.6 Å². The molecule has 0 bridgehead atoms. The molecular formula is C13H19N2+. The quantitative estimate of drug-likeness (QED) is 0.579. The van der Waals surface area contributed by atoms with Crippen molar-refractivity contribution in [2.45, 2.75) is 25.3 Å². The van der Waals surface area contributed by atoms with E-state index < -0.39 is 0 Å². The van der Waals surface area contributed by atoms with Crippen LogP contribution in [0.25, 0.3) is 0 Å². The zero-order chi connectivity index (χ0) is 10.4. The average Bonchev–Trinajstić information content (AvgIpc) is 2.60. The van der Waals surface area contributed by atoms with Gasteiger partial charge in [-0.1, -0.05) is 0 Å². The molecule has 80 valence electrons. The fourth-order valence-electron chi connectivity index (χ4n) is 3.30. The Hall–Kier alpha value is -0.890. The lowest BCUT2D eigenvalue weighted by Gasteiger charge is -2.30. The van der Waals surface area contributed by atoms with E-state index in [1.165, 1.54) is 25.8 Å². The van der Waals surface area contributed by atoms with E-state index in [-0.39, 0.29) is 0 Å². The molecule has 0 aromatic carbocycles. The van der Waals surface area contributed by atoms with Crippen LogP contribution in [-0.4, -0.2) is 18.5 Å². The molecule has 2 heteroatoms. The summed E-state index contributed by atoms with van der Waals surface area (Å²) in [7, 11) is 4.39. The Morgan fingerprint density at radius 2 is 2.27 bits per heavy atom. The van der Waals surface area contributed by atoms with Gasteiger partial charge in [-0.25, -0.2) is 4.57 Å². The van der Waals surface area contributed by atoms with Gasteiger partial charge in [-0.3, -0.25) is 4.90 Å². The van der Waals surface area contributed by atoms with Crippen molar-refractivity contribution in [3.63, 3.8) is 0 Å². The predicted molar refractivity (Wildman–Crippen MR) is 59.4 cm³/mol. The van der Waals surface area contributed by atoms with Crippen LogP contribution in [0.15, 0.2) is 18.5 Å². The minimum atomic E-state index is 0.696. The van der Waals surface area contributed by atoms with Gasteiger partial charge >= 0.3 is 0 Å². The summed E-state index contributed by atoms with van der Waals surface area (Å²) in [6.45, 7) is 1.27. The van der Waals surface area contributed by atoms with Crippen molar-refractivity contribution < 1.29 is 4.57 Å². The van der Waals surface area contributed by atoms with Crippen molar-refractivity contribution in [1.29, 1.82) is 0 Å². The summed E-state index contributed by atoms with van der Waals surface area (Å²) < 4.78 is 2.19. The number of nitrogens with zero attached hydrogens (tertiary/aromatic N) is 2. The molecule has 1 aliphatic carbocycles. The van der Waals surface area contributed by atoms with Gasteiger partial charge in [0.1, 0.15) is 7.05 Å². The normalized spacial score (nSPS) is 30.0. The highest BCUT2D eigenvalue weighted by molar-refractivity contribution is 5.29. The van der Waals surface area contributed by atoms with Crippen LogP contribution in [0, 0.1) is 5.92 Å². The van der Waals surface area contributed by atoms with E-state index in [0.717, 1.165) is 5.92 Å². The number of pyridine rings is 1. The standard InChI is InChI=1S/C13H19N2/c1-14-7-5-10-3-4-11-6-8-15(2)13(11)12(10)9-14/h5,7,9,11,13H,3-4,6,8H2,1-2H3/q+1. The van der Waals surface area contributed by atoms with Crippen LogP contribution < -0.4 is 4.57 Å². The molecule has 3 rings (SSSR count). The highest BCUT2D eigenvalue weighted by Gasteiger charge is 2.38. The first-order chi connectivity index (χ1) is 7.25. The molecule has 1 saturated heterocycles. The minimum absolute atomic E-state index is 0.696. The van der Waals surface area contributed by atoms with Gasteiger partial charge in [0.05, 0.1) is 0 Å². The molecule has 1 fully saturated rings. The first-order valence-electron chi connectivity index (χ1n) is 5.94. The molecule has 2 heterocycles. The monoisotopic (exact) mass is 203 g/mol. The van der Waals surface area contributed by atoms with Gasteiger partial charge in [-0.05, 0) is 44.3 Å². The van der Waals surface area contributed by atoms with Crippen molar-refractivity contribution in [3.8, 4) is 0 Å². The van der Waals surface area contributed by atoms with Crippen LogP contribution in [0.4, 0.5) is 0 Å². The Labute approximate surface area is 91.5 Å². The van der Waals surface area contributed by atoms with Crippen LogP contribution >= 0.6 is 0 Å². The van der Waals surface area contributed by atoms with Crippen LogP contribution in [0.5, 0.6) is 0 Å². The van der Waals surface area contributed by atoms with Gasteiger partial charge in [-0.2, -0.15) is 0 Å². The lowest BCUT2D eigenvalue weighted by molar-refractivity contribution is -0.672. The highest BCUT2D eigenvalue weighted by atomic mass is 15.2. The summed E-state index contributed by atoms with van der Waals surface area (Å²) in [5, 5.41) is 0. The van der Waals surface area contributed by atoms with E-state index in [1.54, 1.807) is 11.1 Å². The Morgan fingerprint density at radius 3 is 3.13 bits per heavy atom. The third kappa shape index (κ3) is 1.39. The molecule has 2 nitrogen and oxygen atoms in total. The minimum Gasteiger partial charge on any atom is -0.299 e. The maximum atomic E-state index is 2.53. The summed E-state index contributed by atoms with van der Waals surface area (Å²) in [5.74, 6) is 0.907. The lowest BCUT2D eigenvalue weighted by Crippen LogP contribution is -2.33. The number of hydrogen-bond acceptors (Lipinski definition) is 1. The van der Waals surface area contributed by atoms with Crippen molar-refractivity contribution in [1.82, 2.24) is 4.90 Å². The molecule has 2 unspecified atom stereocenters. The third-order valence-corrected chi connectivity index (χ3v) is 4.10. The Morgan fingerprint density at radius 1 is 1.40 bits per heavy atom. The number of likely N-dealkylation sites (tertiary alicyclic amines) is 1. The molecule has 0 amide bonds. The maximum absolute atomic E-state index is 2.53. The molecule has 0 spiro atoms. The lowest BCUT2D eigenvalue weighted by atomic mass is 9.81. The summed E-state index contributed by atoms with van der Waals surface area (Å²) in [6, 6.07) is 3.00. The van der Waals surface area contributed by atoms with Crippen LogP contribution in [0.2, 0.25) is 0 Å². The molecule has 0 N–H and O–H groups in total. The molecule has 0 radical (unpaired) electrons. The van der Waals surface area contributed by atoms with Gasteiger partial charge < -0.3 is 0 Å². The smallest absolute Gasteiger partial charge is 0.173 e. The molecule has 1 aliphatic heterocycles. The molecule has 1 aromatic rings. The fraction of sp³-hybridized carbons (Fsp3) is 0.615. The Balaban J connectivity index is 2.08. The third-order valence-electron chi connectivity index (χ3n) is 4.10. The van der Waals surface area contributed by atoms with E-state index in [1.807, 2.05) is 0 Å². The second-order valence-electron chi connectivity index (χ2n) is 5.10. The van der Waals surface area contributed by atoms with Crippen LogP contribution in [0.1, 0.15) is 30.0 Å². The van der Waals surface area contributed by atoms with Crippen LogP contribution in [-0.2, 0) is 13.5 Å². The van der Waals surface area contributed by atoms with Gasteiger partial charge in [-0.15, -0.1) is 0 Å². The summed E-state index contributed by atoms with van der Waals surface area (Å²) in [6.07, 6.45) is 8.56. The van der Waals surface area contributed by atoms with E-state index in [0.29, 0.717) is 6.04 Å². The summed E-state index contributed by atoms with van der Waals surface area (Å²) in [4.78, 5) is 2.53. The van der Waals surface area contributed by atoms with Crippen molar-refractivity contribution >= 4 is 0 Å². The predicted octanol–water partition coefficient (Wildman–Crippen LogP) is 1.45. The zero-order valence-corrected chi connectivity index (χ0v) is 9.61. The zero-order valence-electron chi connectivity index (χ0n) is 9.61. The number of aromatic nitrogens is 1. The van der Waals surface area contributed by atoms with Gasteiger partial charge in [0, 0.05) is 17.7 Å². The second-order valence-corrected chi connectivity index (χ2v) is 5.10. The van der Waals surface area contributed by atoms with Crippen LogP contribution in [0.3, 0.4) is 0 Å². The van der Waals surface area contributed by atoms with Crippen molar-refractivity contribution in [2.75, 3.05) is 13.6 Å². The number of hydrogen-bond donors (Lipinski definition) is 0. The molecular weight excluding hydrogens is 184 g/mol. The molecule has 0 saturated carbocycles. The summed E-state index contributed by atoms with van der Waals surface area (Å²) in [5.41, 5.74) is 3.15. The maximum Gasteiger partial charge on any atom is 0.173 e. The molecule has 2 aliphatic rings. The first-order valence-corrected chi connectivity index (χ1v) is 5.94. The van der Waals surface area contributed by atoms with E-state index >= 15 is 0 Å². The number of aryl methyl sites for hydroxylation is 2. The Bertz CT molecular complexity index is 386. The molecule has 2 atom stereocenters. The van der Waals surface area contributed by atoms with Gasteiger partial charge in [0.15, 0.2) is 12.4 Å². The number of rotatable bonds is 0. The summed E-state index contributed by atoms with van der Waals surface area (Å²) >= 11 is 0. The van der Waals surface area contributed by atoms with E-state index in [4.69, 9.17) is 0 Å². The van der Waals surface area contributed by atoms with Gasteiger partial charge in [0.25, 0.3) is 0 Å². The van der Waals surface area contributed by atoms with Gasteiger partial charge in [0.2, 0.25) is 0 Å². The first kappa shape index (κ1) is 9.34. The highest BCUT2D eigenvalue weighted by Crippen LogP contribution is 2.43. The van der Waals surface area contributed by atoms with Crippen molar-refractivity contribution in [2.24, 2.45) is 13.0 Å². The topological polar surface area (TPSA) is 7.12 Å². The van der Waals surface area contributed by atoms with E-state index in [9.17, 15) is 0 Å². The Kier molecular flexibility index (Phi) is 2.06. The largest absolute Gasteiger partial charge is 0.299 e. The molecule has 15 heavy (non-hydrogen) atoms. The fourth-order valence-corrected chi connectivity index (χ4v) is 3.30. The average molecular weight is 203 g/mol. The SMILES string of the molecule is CN1CCC2CCc3cc[n+](C)cc3C21. The molecule has 1 aromatic heterocycles.